The highest BCUT2D eigenvalue weighted by molar-refractivity contribution is 6.30. The lowest BCUT2D eigenvalue weighted by Gasteiger charge is -2.22. The van der Waals surface area contributed by atoms with E-state index in [2.05, 4.69) is 5.32 Å². The van der Waals surface area contributed by atoms with Crippen molar-refractivity contribution >= 4 is 29.2 Å². The molecule has 1 aliphatic heterocycles. The van der Waals surface area contributed by atoms with Crippen molar-refractivity contribution in [2.75, 3.05) is 4.90 Å². The third-order valence-corrected chi connectivity index (χ3v) is 3.88. The predicted octanol–water partition coefficient (Wildman–Crippen LogP) is 3.31. The summed E-state index contributed by atoms with van der Waals surface area (Å²) in [4.78, 5) is 26.1. The highest BCUT2D eigenvalue weighted by Crippen LogP contribution is 2.32. The number of anilines is 1. The van der Waals surface area contributed by atoms with Crippen LogP contribution in [-0.4, -0.2) is 11.9 Å². The fourth-order valence-electron chi connectivity index (χ4n) is 2.43. The number of amides is 3. The first-order valence-electron chi connectivity index (χ1n) is 6.50. The molecule has 1 heterocycles. The van der Waals surface area contributed by atoms with Crippen LogP contribution in [-0.2, 0) is 10.3 Å². The molecule has 0 aromatic heterocycles. The van der Waals surface area contributed by atoms with Crippen LogP contribution < -0.4 is 10.2 Å². The number of imide groups is 1. The lowest BCUT2D eigenvalue weighted by molar-refractivity contribution is -0.121. The van der Waals surface area contributed by atoms with Crippen LogP contribution in [0.2, 0.25) is 5.02 Å². The van der Waals surface area contributed by atoms with Gasteiger partial charge in [-0.05, 0) is 36.8 Å². The summed E-state index contributed by atoms with van der Waals surface area (Å²) in [5.41, 5.74) is 0.194. The van der Waals surface area contributed by atoms with Gasteiger partial charge in [0.25, 0.3) is 5.91 Å². The third kappa shape index (κ3) is 2.17. The van der Waals surface area contributed by atoms with Crippen molar-refractivity contribution in [1.82, 2.24) is 5.32 Å². The van der Waals surface area contributed by atoms with E-state index in [-0.39, 0.29) is 5.91 Å². The fourth-order valence-corrected chi connectivity index (χ4v) is 2.56. The van der Waals surface area contributed by atoms with Gasteiger partial charge in [-0.1, -0.05) is 41.9 Å². The zero-order chi connectivity index (χ0) is 15.0. The lowest BCUT2D eigenvalue weighted by atomic mass is 9.92. The second-order valence-corrected chi connectivity index (χ2v) is 5.47. The van der Waals surface area contributed by atoms with E-state index >= 15 is 0 Å². The molecule has 2 aromatic carbocycles. The molecular weight excluding hydrogens is 288 g/mol. The normalized spacial score (nSPS) is 21.5. The topological polar surface area (TPSA) is 49.4 Å². The Hall–Kier alpha value is -2.33. The minimum atomic E-state index is -1.06. The Morgan fingerprint density at radius 2 is 1.62 bits per heavy atom. The molecule has 1 N–H and O–H groups in total. The van der Waals surface area contributed by atoms with Crippen LogP contribution in [0.4, 0.5) is 10.5 Å². The van der Waals surface area contributed by atoms with Gasteiger partial charge in [0.1, 0.15) is 5.54 Å². The third-order valence-electron chi connectivity index (χ3n) is 3.63. The molecule has 3 amide bonds. The molecule has 0 saturated carbocycles. The van der Waals surface area contributed by atoms with Crippen LogP contribution in [0, 0.1) is 0 Å². The Bertz CT molecular complexity index is 700. The Kier molecular flexibility index (Phi) is 3.18. The molecule has 0 aliphatic carbocycles. The highest BCUT2D eigenvalue weighted by Gasteiger charge is 2.49. The van der Waals surface area contributed by atoms with E-state index in [0.29, 0.717) is 10.7 Å². The van der Waals surface area contributed by atoms with Crippen LogP contribution >= 0.6 is 11.6 Å². The smallest absolute Gasteiger partial charge is 0.319 e. The van der Waals surface area contributed by atoms with Gasteiger partial charge in [-0.2, -0.15) is 0 Å². The van der Waals surface area contributed by atoms with E-state index in [4.69, 9.17) is 11.6 Å². The zero-order valence-corrected chi connectivity index (χ0v) is 12.1. The monoisotopic (exact) mass is 300 g/mol. The first-order valence-corrected chi connectivity index (χ1v) is 6.88. The number of rotatable bonds is 2. The summed E-state index contributed by atoms with van der Waals surface area (Å²) < 4.78 is 0. The largest absolute Gasteiger partial charge is 0.329 e. The van der Waals surface area contributed by atoms with Crippen molar-refractivity contribution in [1.29, 1.82) is 0 Å². The molecule has 0 radical (unpaired) electrons. The fraction of sp³-hybridized carbons (Fsp3) is 0.125. The maximum Gasteiger partial charge on any atom is 0.329 e. The van der Waals surface area contributed by atoms with Gasteiger partial charge < -0.3 is 5.32 Å². The van der Waals surface area contributed by atoms with E-state index < -0.39 is 11.6 Å². The summed E-state index contributed by atoms with van der Waals surface area (Å²) in [6.45, 7) is 1.71. The molecule has 1 aliphatic rings. The van der Waals surface area contributed by atoms with Crippen LogP contribution in [0.1, 0.15) is 12.5 Å². The van der Waals surface area contributed by atoms with Crippen molar-refractivity contribution in [3.63, 3.8) is 0 Å². The second kappa shape index (κ2) is 4.90. The van der Waals surface area contributed by atoms with Crippen molar-refractivity contribution in [2.24, 2.45) is 0 Å². The van der Waals surface area contributed by atoms with Crippen LogP contribution in [0.25, 0.3) is 0 Å². The summed E-state index contributed by atoms with van der Waals surface area (Å²) in [5.74, 6) is -0.305. The van der Waals surface area contributed by atoms with Crippen molar-refractivity contribution in [2.45, 2.75) is 12.5 Å². The molecule has 5 heteroatoms. The number of hydrogen-bond acceptors (Lipinski definition) is 2. The molecule has 2 aromatic rings. The van der Waals surface area contributed by atoms with Crippen LogP contribution in [0.15, 0.2) is 54.6 Å². The first-order chi connectivity index (χ1) is 10.0. The van der Waals surface area contributed by atoms with E-state index in [9.17, 15) is 9.59 Å². The van der Waals surface area contributed by atoms with Gasteiger partial charge in [0.2, 0.25) is 0 Å². The number of benzene rings is 2. The van der Waals surface area contributed by atoms with Gasteiger partial charge in [-0.15, -0.1) is 0 Å². The average Bonchev–Trinajstić information content (AvgIpc) is 2.72. The number of urea groups is 1. The van der Waals surface area contributed by atoms with Gasteiger partial charge in [-0.3, -0.25) is 4.79 Å². The molecule has 1 saturated heterocycles. The number of carbonyl (C=O) groups is 2. The van der Waals surface area contributed by atoms with Crippen molar-refractivity contribution in [3.05, 3.63) is 65.2 Å². The van der Waals surface area contributed by atoms with Gasteiger partial charge in [0.05, 0.1) is 5.69 Å². The number of nitrogens with zero attached hydrogens (tertiary/aromatic N) is 1. The predicted molar refractivity (Wildman–Crippen MR) is 81.3 cm³/mol. The molecule has 4 nitrogen and oxygen atoms in total. The van der Waals surface area contributed by atoms with Crippen molar-refractivity contribution < 1.29 is 9.59 Å². The molecule has 3 rings (SSSR count). The molecule has 1 fully saturated rings. The second-order valence-electron chi connectivity index (χ2n) is 5.04. The van der Waals surface area contributed by atoms with E-state index in [1.807, 2.05) is 30.3 Å². The molecule has 106 valence electrons. The lowest BCUT2D eigenvalue weighted by Crippen LogP contribution is -2.40. The van der Waals surface area contributed by atoms with Crippen LogP contribution in [0.3, 0.4) is 0 Å². The van der Waals surface area contributed by atoms with E-state index in [1.165, 1.54) is 0 Å². The molecule has 0 spiro atoms. The molecule has 1 unspecified atom stereocenters. The number of hydrogen-bond donors (Lipinski definition) is 1. The maximum atomic E-state index is 12.7. The summed E-state index contributed by atoms with van der Waals surface area (Å²) in [6.07, 6.45) is 0. The average molecular weight is 301 g/mol. The molecular formula is C16H13ClN2O2. The number of nitrogens with one attached hydrogen (secondary N) is 1. The van der Waals surface area contributed by atoms with Gasteiger partial charge in [-0.25, -0.2) is 9.69 Å². The standard InChI is InChI=1S/C16H13ClN2O2/c1-16(11-5-3-2-4-6-11)14(20)19(15(21)18-16)13-9-7-12(17)8-10-13/h2-10H,1H3,(H,18,21). The Balaban J connectivity index is 2.01. The molecule has 1 atom stereocenters. The molecule has 21 heavy (non-hydrogen) atoms. The Morgan fingerprint density at radius 1 is 1.00 bits per heavy atom. The van der Waals surface area contributed by atoms with Crippen LogP contribution in [0.5, 0.6) is 0 Å². The zero-order valence-electron chi connectivity index (χ0n) is 11.3. The minimum Gasteiger partial charge on any atom is -0.319 e. The summed E-state index contributed by atoms with van der Waals surface area (Å²) in [7, 11) is 0. The number of halogens is 1. The molecule has 0 bridgehead atoms. The SMILES string of the molecule is CC1(c2ccccc2)NC(=O)N(c2ccc(Cl)cc2)C1=O. The van der Waals surface area contributed by atoms with E-state index in [1.54, 1.807) is 31.2 Å². The minimum absolute atomic E-state index is 0.305. The summed E-state index contributed by atoms with van der Waals surface area (Å²) in [6, 6.07) is 15.3. The Morgan fingerprint density at radius 3 is 2.24 bits per heavy atom. The maximum absolute atomic E-state index is 12.7. The van der Waals surface area contributed by atoms with Gasteiger partial charge >= 0.3 is 6.03 Å². The van der Waals surface area contributed by atoms with E-state index in [0.717, 1.165) is 10.5 Å². The van der Waals surface area contributed by atoms with Crippen molar-refractivity contribution in [3.8, 4) is 0 Å². The first kappa shape index (κ1) is 13.6. The Labute approximate surface area is 127 Å². The quantitative estimate of drug-likeness (QED) is 0.865. The summed E-state index contributed by atoms with van der Waals surface area (Å²) >= 11 is 5.84. The number of carbonyl (C=O) groups excluding carboxylic acids is 2. The highest BCUT2D eigenvalue weighted by atomic mass is 35.5. The summed E-state index contributed by atoms with van der Waals surface area (Å²) in [5, 5.41) is 3.32. The van der Waals surface area contributed by atoms with Gasteiger partial charge in [0.15, 0.2) is 0 Å². The van der Waals surface area contributed by atoms with Gasteiger partial charge in [0, 0.05) is 5.02 Å².